The van der Waals surface area contributed by atoms with Crippen LogP contribution in [0.3, 0.4) is 0 Å². The Kier molecular flexibility index (Phi) is 2.58. The second-order valence-corrected chi connectivity index (χ2v) is 5.51. The van der Waals surface area contributed by atoms with Crippen molar-refractivity contribution in [3.63, 3.8) is 0 Å². The molecule has 1 aromatic rings. The molecule has 0 bridgehead atoms. The van der Waals surface area contributed by atoms with Crippen LogP contribution in [0.4, 0.5) is 0 Å². The highest BCUT2D eigenvalue weighted by Gasteiger charge is 2.22. The van der Waals surface area contributed by atoms with Crippen molar-refractivity contribution >= 4 is 22.1 Å². The molecular weight excluding hydrogens is 190 g/mol. The molecule has 1 fully saturated rings. The molecule has 1 N–H and O–H groups in total. The predicted molar refractivity (Wildman–Crippen MR) is 52.9 cm³/mol. The number of hydrogen-bond acceptors (Lipinski definition) is 3. The third-order valence-corrected chi connectivity index (χ3v) is 4.78. The van der Waals surface area contributed by atoms with Crippen molar-refractivity contribution in [1.29, 1.82) is 0 Å². The summed E-state index contributed by atoms with van der Waals surface area (Å²) in [6.45, 7) is 1.77. The molecule has 4 heteroatoms. The Bertz CT molecular complexity index is 271. The Hall–Kier alpha value is -0.190. The van der Waals surface area contributed by atoms with Crippen LogP contribution in [0.1, 0.15) is 10.1 Å². The van der Waals surface area contributed by atoms with Crippen LogP contribution in [0.5, 0.6) is 0 Å². The van der Waals surface area contributed by atoms with Crippen molar-refractivity contribution < 1.29 is 4.21 Å². The maximum absolute atomic E-state index is 11.6. The van der Waals surface area contributed by atoms with Crippen LogP contribution in [0.25, 0.3) is 0 Å². The fraction of sp³-hybridized carbons (Fsp3) is 0.500. The van der Waals surface area contributed by atoms with Gasteiger partial charge in [-0.25, -0.2) is 0 Å². The average molecular weight is 201 g/mol. The van der Waals surface area contributed by atoms with Crippen molar-refractivity contribution in [3.8, 4) is 0 Å². The highest BCUT2D eigenvalue weighted by molar-refractivity contribution is 7.85. The number of thiophene rings is 1. The Balaban J connectivity index is 2.17. The topological polar surface area (TPSA) is 29.1 Å². The van der Waals surface area contributed by atoms with Gasteiger partial charge in [-0.2, -0.15) is 0 Å². The van der Waals surface area contributed by atoms with Crippen LogP contribution >= 0.6 is 11.3 Å². The molecule has 0 amide bonds. The van der Waals surface area contributed by atoms with Gasteiger partial charge in [0.1, 0.15) is 0 Å². The molecule has 0 aliphatic carbocycles. The van der Waals surface area contributed by atoms with E-state index in [1.165, 1.54) is 4.88 Å². The quantitative estimate of drug-likeness (QED) is 0.738. The van der Waals surface area contributed by atoms with Gasteiger partial charge < -0.3 is 5.32 Å². The Morgan fingerprint density at radius 1 is 1.67 bits per heavy atom. The van der Waals surface area contributed by atoms with Gasteiger partial charge in [-0.3, -0.25) is 4.21 Å². The zero-order valence-corrected chi connectivity index (χ0v) is 8.29. The van der Waals surface area contributed by atoms with Gasteiger partial charge in [0.25, 0.3) is 0 Å². The highest BCUT2D eigenvalue weighted by Crippen LogP contribution is 2.25. The molecule has 2 nitrogen and oxygen atoms in total. The monoisotopic (exact) mass is 201 g/mol. The molecule has 0 radical (unpaired) electrons. The van der Waals surface area contributed by atoms with Crippen molar-refractivity contribution in [2.24, 2.45) is 0 Å². The van der Waals surface area contributed by atoms with E-state index in [0.29, 0.717) is 0 Å². The van der Waals surface area contributed by atoms with Crippen molar-refractivity contribution in [3.05, 3.63) is 22.4 Å². The first-order valence-corrected chi connectivity index (χ1v) is 6.25. The highest BCUT2D eigenvalue weighted by atomic mass is 32.2. The third kappa shape index (κ3) is 1.60. The third-order valence-electron chi connectivity index (χ3n) is 1.99. The fourth-order valence-corrected chi connectivity index (χ4v) is 3.81. The van der Waals surface area contributed by atoms with E-state index in [4.69, 9.17) is 0 Å². The summed E-state index contributed by atoms with van der Waals surface area (Å²) in [7, 11) is -0.659. The molecule has 2 atom stereocenters. The molecule has 0 spiro atoms. The lowest BCUT2D eigenvalue weighted by molar-refractivity contribution is 0.627. The van der Waals surface area contributed by atoms with E-state index in [-0.39, 0.29) is 5.25 Å². The van der Waals surface area contributed by atoms with Crippen LogP contribution < -0.4 is 5.32 Å². The lowest BCUT2D eigenvalue weighted by Crippen LogP contribution is -2.34. The minimum atomic E-state index is -0.659. The molecule has 1 aliphatic rings. The smallest absolute Gasteiger partial charge is 0.0815 e. The Morgan fingerprint density at radius 2 is 2.58 bits per heavy atom. The van der Waals surface area contributed by atoms with Crippen LogP contribution in [0, 0.1) is 0 Å². The molecule has 12 heavy (non-hydrogen) atoms. The molecule has 1 saturated heterocycles. The molecule has 2 rings (SSSR count). The lowest BCUT2D eigenvalue weighted by atomic mass is 10.3. The maximum atomic E-state index is 11.6. The van der Waals surface area contributed by atoms with E-state index >= 15 is 0 Å². The van der Waals surface area contributed by atoms with Gasteiger partial charge in [-0.15, -0.1) is 11.3 Å². The molecule has 1 aromatic heterocycles. The van der Waals surface area contributed by atoms with E-state index in [2.05, 4.69) is 11.4 Å². The first kappa shape index (κ1) is 8.41. The fourth-order valence-electron chi connectivity index (χ4n) is 1.35. The molecule has 2 heterocycles. The molecule has 0 saturated carbocycles. The minimum absolute atomic E-state index is 0.235. The van der Waals surface area contributed by atoms with E-state index in [1.54, 1.807) is 11.3 Å². The van der Waals surface area contributed by atoms with E-state index in [9.17, 15) is 4.21 Å². The number of nitrogens with one attached hydrogen (secondary N) is 1. The maximum Gasteiger partial charge on any atom is 0.0815 e. The summed E-state index contributed by atoms with van der Waals surface area (Å²) in [5, 5.41) is 5.54. The molecule has 2 unspecified atom stereocenters. The standard InChI is InChI=1S/C8H11NOS2/c10-12-5-3-9-6-8(12)7-2-1-4-11-7/h1-2,4,8-9H,3,5-6H2. The second-order valence-electron chi connectivity index (χ2n) is 2.79. The summed E-state index contributed by atoms with van der Waals surface area (Å²) in [5.74, 6) is 0.794. The van der Waals surface area contributed by atoms with E-state index in [1.807, 2.05) is 11.4 Å². The summed E-state index contributed by atoms with van der Waals surface area (Å²) >= 11 is 1.70. The van der Waals surface area contributed by atoms with Gasteiger partial charge in [0.05, 0.1) is 5.25 Å². The lowest BCUT2D eigenvalue weighted by Gasteiger charge is -2.20. The normalized spacial score (nSPS) is 30.3. The first-order chi connectivity index (χ1) is 5.88. The summed E-state index contributed by atoms with van der Waals surface area (Å²) in [5.41, 5.74) is 0. The van der Waals surface area contributed by atoms with Crippen LogP contribution in [-0.4, -0.2) is 23.1 Å². The van der Waals surface area contributed by atoms with Gasteiger partial charge in [0, 0.05) is 34.5 Å². The molecule has 1 aliphatic heterocycles. The number of hydrogen-bond donors (Lipinski definition) is 1. The van der Waals surface area contributed by atoms with Gasteiger partial charge in [0.2, 0.25) is 0 Å². The first-order valence-electron chi connectivity index (χ1n) is 3.99. The Morgan fingerprint density at radius 3 is 3.25 bits per heavy atom. The van der Waals surface area contributed by atoms with Gasteiger partial charge in [-0.05, 0) is 11.4 Å². The van der Waals surface area contributed by atoms with Gasteiger partial charge in [0.15, 0.2) is 0 Å². The zero-order valence-electron chi connectivity index (χ0n) is 6.66. The zero-order chi connectivity index (χ0) is 8.39. The van der Waals surface area contributed by atoms with Crippen LogP contribution in [-0.2, 0) is 10.8 Å². The van der Waals surface area contributed by atoms with Gasteiger partial charge >= 0.3 is 0 Å². The predicted octanol–water partition coefficient (Wildman–Crippen LogP) is 1.14. The minimum Gasteiger partial charge on any atom is -0.314 e. The average Bonchev–Trinajstić information content (AvgIpc) is 2.57. The number of rotatable bonds is 1. The van der Waals surface area contributed by atoms with E-state index in [0.717, 1.165) is 18.8 Å². The van der Waals surface area contributed by atoms with Gasteiger partial charge in [-0.1, -0.05) is 6.07 Å². The van der Waals surface area contributed by atoms with E-state index < -0.39 is 10.8 Å². The van der Waals surface area contributed by atoms with Crippen molar-refractivity contribution in [1.82, 2.24) is 5.32 Å². The molecule has 66 valence electrons. The van der Waals surface area contributed by atoms with Crippen LogP contribution in [0.15, 0.2) is 17.5 Å². The Labute approximate surface area is 78.4 Å². The second kappa shape index (κ2) is 3.68. The van der Waals surface area contributed by atoms with Crippen molar-refractivity contribution in [2.75, 3.05) is 18.8 Å². The van der Waals surface area contributed by atoms with Crippen molar-refractivity contribution in [2.45, 2.75) is 5.25 Å². The summed E-state index contributed by atoms with van der Waals surface area (Å²) in [6, 6.07) is 4.09. The SMILES string of the molecule is O=S1CCNCC1c1cccs1. The van der Waals surface area contributed by atoms with Crippen LogP contribution in [0.2, 0.25) is 0 Å². The summed E-state index contributed by atoms with van der Waals surface area (Å²) in [6.07, 6.45) is 0. The molecule has 0 aromatic carbocycles. The summed E-state index contributed by atoms with van der Waals surface area (Å²) < 4.78 is 11.6. The summed E-state index contributed by atoms with van der Waals surface area (Å²) in [4.78, 5) is 1.25. The molecular formula is C8H11NOS2. The largest absolute Gasteiger partial charge is 0.314 e.